The summed E-state index contributed by atoms with van der Waals surface area (Å²) in [5, 5.41) is 4.25. The maximum absolute atomic E-state index is 12.8. The lowest BCUT2D eigenvalue weighted by Gasteiger charge is -2.32. The summed E-state index contributed by atoms with van der Waals surface area (Å²) in [5.41, 5.74) is 4.23. The fourth-order valence-electron chi connectivity index (χ4n) is 4.30. The average molecular weight is 435 g/mol. The number of imidazole rings is 1. The SMILES string of the molecule is Cc1ccn2cc(CNC(=O)C3CCN(c4ncnc5sc(C)c(C)c45)CC3)nc2c1. The van der Waals surface area contributed by atoms with Gasteiger partial charge in [-0.05, 0) is 56.9 Å². The van der Waals surface area contributed by atoms with Crippen LogP contribution < -0.4 is 10.2 Å². The highest BCUT2D eigenvalue weighted by Crippen LogP contribution is 2.35. The van der Waals surface area contributed by atoms with E-state index in [1.54, 1.807) is 17.7 Å². The number of rotatable bonds is 4. The Labute approximate surface area is 185 Å². The topological polar surface area (TPSA) is 75.4 Å². The monoisotopic (exact) mass is 434 g/mol. The maximum Gasteiger partial charge on any atom is 0.223 e. The number of anilines is 1. The highest BCUT2D eigenvalue weighted by Gasteiger charge is 2.27. The molecule has 0 aliphatic carbocycles. The van der Waals surface area contributed by atoms with Gasteiger partial charge < -0.3 is 14.6 Å². The van der Waals surface area contributed by atoms with Crippen LogP contribution in [0, 0.1) is 26.7 Å². The van der Waals surface area contributed by atoms with Gasteiger partial charge in [-0.2, -0.15) is 0 Å². The Kier molecular flexibility index (Phi) is 5.09. The summed E-state index contributed by atoms with van der Waals surface area (Å²) in [6.45, 7) is 8.43. The molecule has 1 amide bonds. The van der Waals surface area contributed by atoms with Gasteiger partial charge >= 0.3 is 0 Å². The fourth-order valence-corrected chi connectivity index (χ4v) is 5.29. The number of nitrogens with one attached hydrogen (secondary N) is 1. The maximum atomic E-state index is 12.8. The second kappa shape index (κ2) is 7.92. The Morgan fingerprint density at radius 3 is 2.84 bits per heavy atom. The molecular weight excluding hydrogens is 408 g/mol. The Bertz CT molecular complexity index is 1270. The molecule has 1 aliphatic rings. The van der Waals surface area contributed by atoms with Crippen LogP contribution in [0.3, 0.4) is 0 Å². The van der Waals surface area contributed by atoms with Crippen LogP contribution in [0.4, 0.5) is 5.82 Å². The van der Waals surface area contributed by atoms with Crippen LogP contribution >= 0.6 is 11.3 Å². The highest BCUT2D eigenvalue weighted by molar-refractivity contribution is 7.18. The van der Waals surface area contributed by atoms with E-state index < -0.39 is 0 Å². The van der Waals surface area contributed by atoms with Crippen LogP contribution in [0.5, 0.6) is 0 Å². The van der Waals surface area contributed by atoms with E-state index in [1.807, 2.05) is 22.9 Å². The number of pyridine rings is 1. The molecule has 5 heterocycles. The van der Waals surface area contributed by atoms with Gasteiger partial charge in [0, 0.05) is 36.3 Å². The number of carbonyl (C=O) groups excluding carboxylic acids is 1. The van der Waals surface area contributed by atoms with Crippen molar-refractivity contribution < 1.29 is 4.79 Å². The number of hydrogen-bond donors (Lipinski definition) is 1. The minimum absolute atomic E-state index is 0.0261. The van der Waals surface area contributed by atoms with Crippen LogP contribution in [-0.2, 0) is 11.3 Å². The Balaban J connectivity index is 1.22. The van der Waals surface area contributed by atoms with Gasteiger partial charge in [-0.25, -0.2) is 15.0 Å². The number of aromatic nitrogens is 4. The normalized spacial score (nSPS) is 15.1. The third kappa shape index (κ3) is 3.76. The second-order valence-electron chi connectivity index (χ2n) is 8.34. The molecule has 0 spiro atoms. The molecule has 1 aliphatic heterocycles. The number of amides is 1. The van der Waals surface area contributed by atoms with E-state index in [0.717, 1.165) is 53.3 Å². The standard InChI is InChI=1S/C23H26N6OS/c1-14-4-7-29-12-18(27-19(29)10-14)11-24-22(30)17-5-8-28(9-6-17)21-20-15(2)16(3)31-23(20)26-13-25-21/h4,7,10,12-13,17H,5-6,8-9,11H2,1-3H3,(H,24,30). The molecule has 0 saturated carbocycles. The lowest BCUT2D eigenvalue weighted by molar-refractivity contribution is -0.125. The number of aryl methyl sites for hydroxylation is 3. The largest absolute Gasteiger partial charge is 0.356 e. The first-order valence-corrected chi connectivity index (χ1v) is 11.5. The van der Waals surface area contributed by atoms with Crippen LogP contribution in [0.1, 0.15) is 34.5 Å². The minimum atomic E-state index is 0.0261. The minimum Gasteiger partial charge on any atom is -0.356 e. The lowest BCUT2D eigenvalue weighted by Crippen LogP contribution is -2.40. The summed E-state index contributed by atoms with van der Waals surface area (Å²) in [5.74, 6) is 1.15. The van der Waals surface area contributed by atoms with E-state index >= 15 is 0 Å². The van der Waals surface area contributed by atoms with Crippen molar-refractivity contribution in [2.75, 3.05) is 18.0 Å². The van der Waals surface area contributed by atoms with Crippen molar-refractivity contribution in [2.24, 2.45) is 5.92 Å². The van der Waals surface area contributed by atoms with Gasteiger partial charge in [-0.15, -0.1) is 11.3 Å². The number of hydrogen-bond acceptors (Lipinski definition) is 6. The molecule has 31 heavy (non-hydrogen) atoms. The van der Waals surface area contributed by atoms with E-state index in [1.165, 1.54) is 16.0 Å². The summed E-state index contributed by atoms with van der Waals surface area (Å²) in [4.78, 5) is 31.0. The lowest BCUT2D eigenvalue weighted by atomic mass is 9.95. The third-order valence-corrected chi connectivity index (χ3v) is 7.34. The van der Waals surface area contributed by atoms with Gasteiger partial charge in [0.05, 0.1) is 17.6 Å². The molecule has 4 aromatic rings. The molecular formula is C23H26N6OS. The Hall–Kier alpha value is -3.00. The van der Waals surface area contributed by atoms with Crippen molar-refractivity contribution in [3.05, 3.63) is 52.6 Å². The third-order valence-electron chi connectivity index (χ3n) is 6.22. The second-order valence-corrected chi connectivity index (χ2v) is 9.54. The zero-order valence-corrected chi connectivity index (χ0v) is 18.9. The average Bonchev–Trinajstić information content (AvgIpc) is 3.31. The van der Waals surface area contributed by atoms with E-state index in [2.05, 4.69) is 52.0 Å². The predicted molar refractivity (Wildman–Crippen MR) is 124 cm³/mol. The first kappa shape index (κ1) is 19.9. The number of fused-ring (bicyclic) bond motifs is 2. The van der Waals surface area contributed by atoms with Gasteiger partial charge in [0.1, 0.15) is 22.6 Å². The van der Waals surface area contributed by atoms with Crippen molar-refractivity contribution >= 4 is 38.9 Å². The van der Waals surface area contributed by atoms with E-state index in [9.17, 15) is 4.79 Å². The molecule has 8 heteroatoms. The van der Waals surface area contributed by atoms with Crippen molar-refractivity contribution in [1.29, 1.82) is 0 Å². The van der Waals surface area contributed by atoms with Crippen molar-refractivity contribution in [2.45, 2.75) is 40.2 Å². The van der Waals surface area contributed by atoms with E-state index in [-0.39, 0.29) is 11.8 Å². The summed E-state index contributed by atoms with van der Waals surface area (Å²) in [7, 11) is 0. The molecule has 0 atom stereocenters. The smallest absolute Gasteiger partial charge is 0.223 e. The molecule has 0 unspecified atom stereocenters. The van der Waals surface area contributed by atoms with Crippen LogP contribution in [0.15, 0.2) is 30.9 Å². The Morgan fingerprint density at radius 2 is 2.03 bits per heavy atom. The molecule has 7 nitrogen and oxygen atoms in total. The molecule has 0 bridgehead atoms. The van der Waals surface area contributed by atoms with Gasteiger partial charge in [-0.1, -0.05) is 0 Å². The van der Waals surface area contributed by atoms with Crippen molar-refractivity contribution in [1.82, 2.24) is 24.7 Å². The molecule has 4 aromatic heterocycles. The number of carbonyl (C=O) groups is 1. The summed E-state index contributed by atoms with van der Waals surface area (Å²) < 4.78 is 1.99. The molecule has 0 radical (unpaired) electrons. The van der Waals surface area contributed by atoms with Gasteiger partial charge in [0.2, 0.25) is 5.91 Å². The van der Waals surface area contributed by atoms with E-state index in [0.29, 0.717) is 6.54 Å². The first-order chi connectivity index (χ1) is 15.0. The Morgan fingerprint density at radius 1 is 1.23 bits per heavy atom. The van der Waals surface area contributed by atoms with Crippen LogP contribution in [0.2, 0.25) is 0 Å². The van der Waals surface area contributed by atoms with Gasteiger partial charge in [0.15, 0.2) is 0 Å². The summed E-state index contributed by atoms with van der Waals surface area (Å²) >= 11 is 1.72. The first-order valence-electron chi connectivity index (χ1n) is 10.7. The molecule has 5 rings (SSSR count). The molecule has 0 aromatic carbocycles. The van der Waals surface area contributed by atoms with E-state index in [4.69, 9.17) is 0 Å². The van der Waals surface area contributed by atoms with Crippen LogP contribution in [0.25, 0.3) is 15.9 Å². The summed E-state index contributed by atoms with van der Waals surface area (Å²) in [6, 6.07) is 4.09. The fraction of sp³-hybridized carbons (Fsp3) is 0.391. The van der Waals surface area contributed by atoms with Crippen molar-refractivity contribution in [3.63, 3.8) is 0 Å². The predicted octanol–water partition coefficient (Wildman–Crippen LogP) is 3.80. The number of nitrogens with zero attached hydrogens (tertiary/aromatic N) is 5. The number of piperidine rings is 1. The molecule has 160 valence electrons. The number of thiophene rings is 1. The zero-order valence-electron chi connectivity index (χ0n) is 18.1. The highest BCUT2D eigenvalue weighted by atomic mass is 32.1. The van der Waals surface area contributed by atoms with Crippen LogP contribution in [-0.4, -0.2) is 38.3 Å². The van der Waals surface area contributed by atoms with Gasteiger partial charge in [-0.3, -0.25) is 4.79 Å². The molecule has 1 saturated heterocycles. The van der Waals surface area contributed by atoms with Crippen molar-refractivity contribution in [3.8, 4) is 0 Å². The molecule has 1 fully saturated rings. The zero-order chi connectivity index (χ0) is 21.5. The summed E-state index contributed by atoms with van der Waals surface area (Å²) in [6.07, 6.45) is 7.28. The molecule has 1 N–H and O–H groups in total. The quantitative estimate of drug-likeness (QED) is 0.529. The van der Waals surface area contributed by atoms with Gasteiger partial charge in [0.25, 0.3) is 0 Å².